The number of aliphatic carboxylic acids is 1. The zero-order valence-corrected chi connectivity index (χ0v) is 13.1. The molecule has 0 spiro atoms. The molecule has 20 heavy (non-hydrogen) atoms. The van der Waals surface area contributed by atoms with Gasteiger partial charge in [-0.3, -0.25) is 4.79 Å². The fourth-order valence-corrected chi connectivity index (χ4v) is 2.50. The lowest BCUT2D eigenvalue weighted by Crippen LogP contribution is -2.41. The SMILES string of the molecule is CC(CCC(=O)O)CNC(=O)N1CCC(C(C)(C)C)C1. The molecule has 2 atom stereocenters. The number of amides is 2. The minimum atomic E-state index is -0.782. The van der Waals surface area contributed by atoms with Crippen molar-refractivity contribution in [3.8, 4) is 0 Å². The van der Waals surface area contributed by atoms with E-state index in [2.05, 4.69) is 26.1 Å². The number of carboxylic acid groups (broad SMARTS) is 1. The van der Waals surface area contributed by atoms with Crippen molar-refractivity contribution in [3.63, 3.8) is 0 Å². The second-order valence-corrected chi connectivity index (χ2v) is 7.02. The number of carbonyl (C=O) groups is 2. The summed E-state index contributed by atoms with van der Waals surface area (Å²) in [5.41, 5.74) is 0.240. The molecular weight excluding hydrogens is 256 g/mol. The lowest BCUT2D eigenvalue weighted by atomic mass is 9.80. The van der Waals surface area contributed by atoms with Crippen molar-refractivity contribution in [1.82, 2.24) is 10.2 Å². The normalized spacial score (nSPS) is 20.8. The summed E-state index contributed by atoms with van der Waals surface area (Å²) in [7, 11) is 0. The van der Waals surface area contributed by atoms with Gasteiger partial charge in [-0.15, -0.1) is 0 Å². The van der Waals surface area contributed by atoms with Gasteiger partial charge in [-0.1, -0.05) is 27.7 Å². The van der Waals surface area contributed by atoms with Crippen molar-refractivity contribution < 1.29 is 14.7 Å². The average molecular weight is 284 g/mol. The van der Waals surface area contributed by atoms with Gasteiger partial charge in [0.05, 0.1) is 0 Å². The summed E-state index contributed by atoms with van der Waals surface area (Å²) < 4.78 is 0. The van der Waals surface area contributed by atoms with Gasteiger partial charge in [0.15, 0.2) is 0 Å². The molecule has 1 aliphatic rings. The van der Waals surface area contributed by atoms with Crippen molar-refractivity contribution in [2.45, 2.75) is 47.0 Å². The Hall–Kier alpha value is -1.26. The Kier molecular flexibility index (Phi) is 5.84. The van der Waals surface area contributed by atoms with Crippen molar-refractivity contribution in [3.05, 3.63) is 0 Å². The van der Waals surface area contributed by atoms with Crippen LogP contribution in [0.15, 0.2) is 0 Å². The van der Waals surface area contributed by atoms with Gasteiger partial charge in [0.25, 0.3) is 0 Å². The van der Waals surface area contributed by atoms with E-state index in [9.17, 15) is 9.59 Å². The highest BCUT2D eigenvalue weighted by Crippen LogP contribution is 2.33. The van der Waals surface area contributed by atoms with E-state index in [0.29, 0.717) is 18.9 Å². The minimum absolute atomic E-state index is 0.0149. The molecular formula is C15H28N2O3. The third kappa shape index (κ3) is 5.39. The van der Waals surface area contributed by atoms with Crippen LogP contribution in [0, 0.1) is 17.3 Å². The predicted molar refractivity (Wildman–Crippen MR) is 78.6 cm³/mol. The Labute approximate surface area is 121 Å². The van der Waals surface area contributed by atoms with Crippen LogP contribution in [0.1, 0.15) is 47.0 Å². The topological polar surface area (TPSA) is 69.6 Å². The molecule has 0 aromatic rings. The predicted octanol–water partition coefficient (Wildman–Crippen LogP) is 2.56. The summed E-state index contributed by atoms with van der Waals surface area (Å²) in [5.74, 6) is -0.0375. The van der Waals surface area contributed by atoms with E-state index in [0.717, 1.165) is 19.5 Å². The molecule has 0 aliphatic carbocycles. The molecule has 1 saturated heterocycles. The van der Waals surface area contributed by atoms with Crippen LogP contribution in [-0.2, 0) is 4.79 Å². The second kappa shape index (κ2) is 6.95. The maximum atomic E-state index is 12.1. The summed E-state index contributed by atoms with van der Waals surface area (Å²) >= 11 is 0. The summed E-state index contributed by atoms with van der Waals surface area (Å²) in [6.45, 7) is 10.8. The fourth-order valence-electron chi connectivity index (χ4n) is 2.50. The van der Waals surface area contributed by atoms with Gasteiger partial charge in [0.1, 0.15) is 0 Å². The van der Waals surface area contributed by atoms with Gasteiger partial charge in [-0.2, -0.15) is 0 Å². The molecule has 2 N–H and O–H groups in total. The smallest absolute Gasteiger partial charge is 0.317 e. The van der Waals surface area contributed by atoms with Gasteiger partial charge in [-0.25, -0.2) is 4.79 Å². The largest absolute Gasteiger partial charge is 0.481 e. The zero-order chi connectivity index (χ0) is 15.3. The third-order valence-corrected chi connectivity index (χ3v) is 4.15. The Balaban J connectivity index is 2.29. The molecule has 1 fully saturated rings. The van der Waals surface area contributed by atoms with Crippen LogP contribution in [0.5, 0.6) is 0 Å². The molecule has 0 bridgehead atoms. The molecule has 116 valence electrons. The molecule has 0 aromatic carbocycles. The number of carbonyl (C=O) groups excluding carboxylic acids is 1. The first-order valence-corrected chi connectivity index (χ1v) is 7.44. The van der Waals surface area contributed by atoms with E-state index >= 15 is 0 Å². The molecule has 1 heterocycles. The highest BCUT2D eigenvalue weighted by Gasteiger charge is 2.33. The number of likely N-dealkylation sites (tertiary alicyclic amines) is 1. The minimum Gasteiger partial charge on any atom is -0.481 e. The lowest BCUT2D eigenvalue weighted by Gasteiger charge is -2.27. The Morgan fingerprint density at radius 1 is 1.40 bits per heavy atom. The molecule has 0 radical (unpaired) electrons. The van der Waals surface area contributed by atoms with Crippen LogP contribution < -0.4 is 5.32 Å². The number of hydrogen-bond donors (Lipinski definition) is 2. The van der Waals surface area contributed by atoms with Gasteiger partial charge in [-0.05, 0) is 30.1 Å². The van der Waals surface area contributed by atoms with Crippen LogP contribution in [0.2, 0.25) is 0 Å². The summed E-state index contributed by atoms with van der Waals surface area (Å²) in [4.78, 5) is 24.4. The zero-order valence-electron chi connectivity index (χ0n) is 13.1. The van der Waals surface area contributed by atoms with Crippen molar-refractivity contribution in [2.75, 3.05) is 19.6 Å². The first kappa shape index (κ1) is 16.8. The lowest BCUT2D eigenvalue weighted by molar-refractivity contribution is -0.137. The van der Waals surface area contributed by atoms with Crippen LogP contribution in [-0.4, -0.2) is 41.6 Å². The van der Waals surface area contributed by atoms with Crippen LogP contribution in [0.4, 0.5) is 4.79 Å². The molecule has 5 nitrogen and oxygen atoms in total. The number of carboxylic acids is 1. The summed E-state index contributed by atoms with van der Waals surface area (Å²) in [5, 5.41) is 11.5. The molecule has 5 heteroatoms. The van der Waals surface area contributed by atoms with Gasteiger partial charge < -0.3 is 15.3 Å². The number of nitrogens with one attached hydrogen (secondary N) is 1. The first-order chi connectivity index (χ1) is 9.20. The third-order valence-electron chi connectivity index (χ3n) is 4.15. The molecule has 1 aliphatic heterocycles. The second-order valence-electron chi connectivity index (χ2n) is 7.02. The van der Waals surface area contributed by atoms with Gasteiger partial charge in [0, 0.05) is 26.1 Å². The van der Waals surface area contributed by atoms with E-state index in [-0.39, 0.29) is 23.8 Å². The van der Waals surface area contributed by atoms with E-state index in [1.807, 2.05) is 11.8 Å². The monoisotopic (exact) mass is 284 g/mol. The van der Waals surface area contributed by atoms with Crippen molar-refractivity contribution in [1.29, 1.82) is 0 Å². The maximum Gasteiger partial charge on any atom is 0.317 e. The van der Waals surface area contributed by atoms with E-state index in [1.54, 1.807) is 0 Å². The van der Waals surface area contributed by atoms with Gasteiger partial charge in [0.2, 0.25) is 0 Å². The number of urea groups is 1. The first-order valence-electron chi connectivity index (χ1n) is 7.44. The van der Waals surface area contributed by atoms with E-state index in [4.69, 9.17) is 5.11 Å². The highest BCUT2D eigenvalue weighted by atomic mass is 16.4. The quantitative estimate of drug-likeness (QED) is 0.815. The van der Waals surface area contributed by atoms with Crippen LogP contribution in [0.25, 0.3) is 0 Å². The molecule has 2 amide bonds. The molecule has 0 aromatic heterocycles. The highest BCUT2D eigenvalue weighted by molar-refractivity contribution is 5.74. The maximum absolute atomic E-state index is 12.1. The van der Waals surface area contributed by atoms with Crippen LogP contribution in [0.3, 0.4) is 0 Å². The number of nitrogens with zero attached hydrogens (tertiary/aromatic N) is 1. The standard InChI is InChI=1S/C15H28N2O3/c1-11(5-6-13(18)19)9-16-14(20)17-8-7-12(10-17)15(2,3)4/h11-12H,5-10H2,1-4H3,(H,16,20)(H,18,19). The van der Waals surface area contributed by atoms with Crippen molar-refractivity contribution in [2.24, 2.45) is 17.3 Å². The molecule has 0 saturated carbocycles. The Bertz CT molecular complexity index is 350. The fraction of sp³-hybridized carbons (Fsp3) is 0.867. The van der Waals surface area contributed by atoms with Crippen LogP contribution >= 0.6 is 0 Å². The van der Waals surface area contributed by atoms with E-state index in [1.165, 1.54) is 0 Å². The summed E-state index contributed by atoms with van der Waals surface area (Å²) in [6.07, 6.45) is 1.82. The van der Waals surface area contributed by atoms with Gasteiger partial charge >= 0.3 is 12.0 Å². The average Bonchev–Trinajstić information content (AvgIpc) is 2.82. The van der Waals surface area contributed by atoms with E-state index < -0.39 is 5.97 Å². The Morgan fingerprint density at radius 3 is 2.55 bits per heavy atom. The molecule has 2 unspecified atom stereocenters. The Morgan fingerprint density at radius 2 is 2.05 bits per heavy atom. The number of rotatable bonds is 5. The molecule has 1 rings (SSSR count). The number of hydrogen-bond acceptors (Lipinski definition) is 2. The summed E-state index contributed by atoms with van der Waals surface area (Å²) in [6, 6.07) is -0.0149. The van der Waals surface area contributed by atoms with Crippen molar-refractivity contribution >= 4 is 12.0 Å².